The van der Waals surface area contributed by atoms with Crippen molar-refractivity contribution in [1.82, 2.24) is 9.97 Å². The Morgan fingerprint density at radius 1 is 1.21 bits per heavy atom. The van der Waals surface area contributed by atoms with Crippen LogP contribution in [0.25, 0.3) is 11.0 Å². The summed E-state index contributed by atoms with van der Waals surface area (Å²) < 4.78 is 37.9. The van der Waals surface area contributed by atoms with E-state index in [1.807, 2.05) is 0 Å². The molecule has 24 heavy (non-hydrogen) atoms. The lowest BCUT2D eigenvalue weighted by Crippen LogP contribution is -2.04. The number of rotatable bonds is 3. The lowest BCUT2D eigenvalue weighted by Gasteiger charge is -2.07. The zero-order valence-corrected chi connectivity index (χ0v) is 13.2. The van der Waals surface area contributed by atoms with Gasteiger partial charge in [-0.05, 0) is 31.5 Å². The topological polar surface area (TPSA) is 64.2 Å². The van der Waals surface area contributed by atoms with E-state index in [9.17, 15) is 13.6 Å². The molecular weight excluding hydrogens is 318 g/mol. The number of carbonyl (C=O) groups is 1. The number of carbonyl (C=O) groups excluding carboxylic acids is 1. The van der Waals surface area contributed by atoms with Gasteiger partial charge in [-0.15, -0.1) is 0 Å². The number of fused-ring (bicyclic) bond motifs is 1. The number of esters is 1. The van der Waals surface area contributed by atoms with Crippen molar-refractivity contribution in [1.29, 1.82) is 0 Å². The molecule has 0 aliphatic rings. The van der Waals surface area contributed by atoms with Crippen molar-refractivity contribution in [2.45, 2.75) is 13.8 Å². The van der Waals surface area contributed by atoms with E-state index in [1.54, 1.807) is 19.1 Å². The summed E-state index contributed by atoms with van der Waals surface area (Å²) in [6, 6.07) is 5.97. The molecule has 0 saturated heterocycles. The molecule has 1 heterocycles. The molecule has 5 nitrogen and oxygen atoms in total. The standard InChI is InChI=1S/C17H14F2N2O3/c1-8-4-5-10(6-11(8)16(22)23-3)24-17-20-13-7-12(18)9(2)14(19)15(13)21-17/h4-7H,1-3H3,(H,20,21). The molecule has 3 rings (SSSR count). The van der Waals surface area contributed by atoms with E-state index in [4.69, 9.17) is 9.47 Å². The number of benzene rings is 2. The summed E-state index contributed by atoms with van der Waals surface area (Å²) in [6.07, 6.45) is 0. The molecule has 0 aliphatic carbocycles. The van der Waals surface area contributed by atoms with Gasteiger partial charge < -0.3 is 14.5 Å². The van der Waals surface area contributed by atoms with E-state index in [2.05, 4.69) is 9.97 Å². The van der Waals surface area contributed by atoms with Crippen LogP contribution in [0.5, 0.6) is 11.8 Å². The van der Waals surface area contributed by atoms with E-state index >= 15 is 0 Å². The number of hydrogen-bond donors (Lipinski definition) is 1. The van der Waals surface area contributed by atoms with Gasteiger partial charge in [0.05, 0.1) is 18.2 Å². The molecule has 0 aliphatic heterocycles. The maximum atomic E-state index is 14.0. The molecule has 0 bridgehead atoms. The number of imidazole rings is 1. The Morgan fingerprint density at radius 3 is 2.67 bits per heavy atom. The summed E-state index contributed by atoms with van der Waals surface area (Å²) in [5.74, 6) is -1.59. The average Bonchev–Trinajstić information content (AvgIpc) is 2.96. The summed E-state index contributed by atoms with van der Waals surface area (Å²) in [5, 5.41) is 0. The molecule has 0 atom stereocenters. The summed E-state index contributed by atoms with van der Waals surface area (Å²) >= 11 is 0. The Kier molecular flexibility index (Phi) is 3.92. The lowest BCUT2D eigenvalue weighted by molar-refractivity contribution is 0.0599. The second-order valence-corrected chi connectivity index (χ2v) is 5.31. The van der Waals surface area contributed by atoms with E-state index in [0.29, 0.717) is 11.3 Å². The van der Waals surface area contributed by atoms with Crippen molar-refractivity contribution in [2.24, 2.45) is 0 Å². The van der Waals surface area contributed by atoms with Crippen LogP contribution < -0.4 is 4.74 Å². The molecule has 0 amide bonds. The number of nitrogens with zero attached hydrogens (tertiary/aromatic N) is 1. The Morgan fingerprint density at radius 2 is 1.96 bits per heavy atom. The third kappa shape index (κ3) is 2.68. The zero-order chi connectivity index (χ0) is 17.4. The second-order valence-electron chi connectivity index (χ2n) is 5.31. The maximum Gasteiger partial charge on any atom is 0.338 e. The van der Waals surface area contributed by atoms with Crippen molar-refractivity contribution in [3.05, 3.63) is 52.6 Å². The maximum absolute atomic E-state index is 14.0. The van der Waals surface area contributed by atoms with Gasteiger partial charge >= 0.3 is 5.97 Å². The fourth-order valence-corrected chi connectivity index (χ4v) is 2.31. The SMILES string of the molecule is COC(=O)c1cc(Oc2nc3c(F)c(C)c(F)cc3[nH]2)ccc1C. The van der Waals surface area contributed by atoms with Gasteiger partial charge in [-0.3, -0.25) is 0 Å². The largest absolute Gasteiger partial charge is 0.465 e. The molecule has 0 unspecified atom stereocenters. The highest BCUT2D eigenvalue weighted by Crippen LogP contribution is 2.27. The van der Waals surface area contributed by atoms with Crippen molar-refractivity contribution < 1.29 is 23.0 Å². The van der Waals surface area contributed by atoms with Crippen LogP contribution >= 0.6 is 0 Å². The highest BCUT2D eigenvalue weighted by Gasteiger charge is 2.16. The number of hydrogen-bond acceptors (Lipinski definition) is 4. The van der Waals surface area contributed by atoms with Gasteiger partial charge in [0.2, 0.25) is 0 Å². The molecule has 0 saturated carbocycles. The van der Waals surface area contributed by atoms with Gasteiger partial charge in [-0.25, -0.2) is 13.6 Å². The predicted molar refractivity (Wildman–Crippen MR) is 83.3 cm³/mol. The molecule has 2 aromatic carbocycles. The second kappa shape index (κ2) is 5.92. The van der Waals surface area contributed by atoms with Gasteiger partial charge in [-0.1, -0.05) is 6.07 Å². The van der Waals surface area contributed by atoms with Gasteiger partial charge in [-0.2, -0.15) is 4.98 Å². The van der Waals surface area contributed by atoms with E-state index in [0.717, 1.165) is 11.6 Å². The van der Waals surface area contributed by atoms with E-state index in [-0.39, 0.29) is 22.6 Å². The molecule has 1 N–H and O–H groups in total. The van der Waals surface area contributed by atoms with Crippen molar-refractivity contribution in [2.75, 3.05) is 7.11 Å². The number of aromatic nitrogens is 2. The third-order valence-electron chi connectivity index (χ3n) is 3.71. The molecule has 7 heteroatoms. The third-order valence-corrected chi connectivity index (χ3v) is 3.71. The van der Waals surface area contributed by atoms with Gasteiger partial charge in [0.1, 0.15) is 17.1 Å². The fraction of sp³-hybridized carbons (Fsp3) is 0.176. The first kappa shape index (κ1) is 15.9. The Labute approximate surface area is 136 Å². The summed E-state index contributed by atoms with van der Waals surface area (Å²) in [6.45, 7) is 3.10. The molecule has 0 spiro atoms. The molecular formula is C17H14F2N2O3. The van der Waals surface area contributed by atoms with Crippen LogP contribution in [0.2, 0.25) is 0 Å². The molecule has 3 aromatic rings. The summed E-state index contributed by atoms with van der Waals surface area (Å²) in [4.78, 5) is 18.4. The molecule has 0 radical (unpaired) electrons. The van der Waals surface area contributed by atoms with Gasteiger partial charge in [0, 0.05) is 11.6 Å². The number of ether oxygens (including phenoxy) is 2. The molecule has 0 fully saturated rings. The minimum Gasteiger partial charge on any atom is -0.465 e. The number of aromatic amines is 1. The van der Waals surface area contributed by atoms with Crippen molar-refractivity contribution in [3.63, 3.8) is 0 Å². The van der Waals surface area contributed by atoms with E-state index < -0.39 is 17.6 Å². The first-order valence-corrected chi connectivity index (χ1v) is 7.12. The summed E-state index contributed by atoms with van der Waals surface area (Å²) in [7, 11) is 1.29. The monoisotopic (exact) mass is 332 g/mol. The highest BCUT2D eigenvalue weighted by atomic mass is 19.1. The predicted octanol–water partition coefficient (Wildman–Crippen LogP) is 4.04. The number of H-pyrrole nitrogens is 1. The normalized spacial score (nSPS) is 10.9. The van der Waals surface area contributed by atoms with Crippen molar-refractivity contribution in [3.8, 4) is 11.8 Å². The van der Waals surface area contributed by atoms with Gasteiger partial charge in [0.25, 0.3) is 6.01 Å². The van der Waals surface area contributed by atoms with Crippen LogP contribution in [-0.2, 0) is 4.74 Å². The Balaban J connectivity index is 1.98. The van der Waals surface area contributed by atoms with Crippen LogP contribution in [0.3, 0.4) is 0 Å². The average molecular weight is 332 g/mol. The minimum absolute atomic E-state index is 0.00595. The first-order chi connectivity index (χ1) is 11.4. The lowest BCUT2D eigenvalue weighted by atomic mass is 10.1. The van der Waals surface area contributed by atoms with Crippen LogP contribution in [0.4, 0.5) is 8.78 Å². The quantitative estimate of drug-likeness (QED) is 0.735. The summed E-state index contributed by atoms with van der Waals surface area (Å²) in [5.41, 5.74) is 1.14. The zero-order valence-electron chi connectivity index (χ0n) is 13.2. The smallest absolute Gasteiger partial charge is 0.338 e. The van der Waals surface area contributed by atoms with E-state index in [1.165, 1.54) is 20.1 Å². The minimum atomic E-state index is -0.741. The van der Waals surface area contributed by atoms with Crippen LogP contribution in [0.15, 0.2) is 24.3 Å². The first-order valence-electron chi connectivity index (χ1n) is 7.12. The number of methoxy groups -OCH3 is 1. The van der Waals surface area contributed by atoms with Crippen LogP contribution in [0, 0.1) is 25.5 Å². The number of halogens is 2. The fourth-order valence-electron chi connectivity index (χ4n) is 2.31. The molecule has 1 aromatic heterocycles. The van der Waals surface area contributed by atoms with Crippen LogP contribution in [-0.4, -0.2) is 23.0 Å². The Bertz CT molecular complexity index is 951. The number of aryl methyl sites for hydroxylation is 1. The molecule has 124 valence electrons. The highest BCUT2D eigenvalue weighted by molar-refractivity contribution is 5.91. The van der Waals surface area contributed by atoms with Crippen molar-refractivity contribution >= 4 is 17.0 Å². The van der Waals surface area contributed by atoms with Crippen LogP contribution in [0.1, 0.15) is 21.5 Å². The van der Waals surface area contributed by atoms with Gasteiger partial charge in [0.15, 0.2) is 5.82 Å². The Hall–Kier alpha value is -2.96. The number of nitrogens with one attached hydrogen (secondary N) is 1.